The third-order valence-corrected chi connectivity index (χ3v) is 2.87. The van der Waals surface area contributed by atoms with E-state index in [4.69, 9.17) is 11.6 Å². The van der Waals surface area contributed by atoms with Crippen LogP contribution in [-0.4, -0.2) is 30.1 Å². The van der Waals surface area contributed by atoms with Crippen molar-refractivity contribution in [3.63, 3.8) is 0 Å². The average Bonchev–Trinajstić information content (AvgIpc) is 3.02. The zero-order valence-electron chi connectivity index (χ0n) is 10.2. The van der Waals surface area contributed by atoms with Crippen molar-refractivity contribution in [2.75, 3.05) is 5.32 Å². The van der Waals surface area contributed by atoms with E-state index >= 15 is 0 Å². The van der Waals surface area contributed by atoms with Gasteiger partial charge in [0.05, 0.1) is 12.5 Å². The smallest absolute Gasteiger partial charge is 0.364 e. The molecule has 3 aromatic heterocycles. The Bertz CT molecular complexity index is 778. The highest BCUT2D eigenvalue weighted by atomic mass is 35.5. The Morgan fingerprint density at radius 2 is 2.10 bits per heavy atom. The Balaban J connectivity index is 1.87. The van der Waals surface area contributed by atoms with Crippen molar-refractivity contribution in [3.05, 3.63) is 29.1 Å². The molecule has 0 aliphatic carbocycles. The van der Waals surface area contributed by atoms with Crippen molar-refractivity contribution < 1.29 is 13.2 Å². The molecule has 0 spiro atoms. The molecule has 0 amide bonds. The number of aromatic amines is 2. The Labute approximate surface area is 120 Å². The third kappa shape index (κ3) is 2.61. The lowest BCUT2D eigenvalue weighted by atomic mass is 10.2. The van der Waals surface area contributed by atoms with Gasteiger partial charge in [-0.2, -0.15) is 28.2 Å². The lowest BCUT2D eigenvalue weighted by molar-refractivity contribution is -0.141. The molecule has 3 aromatic rings. The van der Waals surface area contributed by atoms with Crippen LogP contribution in [0.4, 0.5) is 19.0 Å². The number of H-pyrrole nitrogens is 2. The lowest BCUT2D eigenvalue weighted by Gasteiger charge is -2.09. The van der Waals surface area contributed by atoms with Gasteiger partial charge in [-0.25, -0.2) is 4.98 Å². The van der Waals surface area contributed by atoms with E-state index in [1.807, 2.05) is 5.10 Å². The second-order valence-electron chi connectivity index (χ2n) is 4.06. The molecule has 0 aliphatic heterocycles. The minimum atomic E-state index is -4.50. The van der Waals surface area contributed by atoms with Crippen LogP contribution in [0.25, 0.3) is 11.2 Å². The maximum absolute atomic E-state index is 12.7. The quantitative estimate of drug-likeness (QED) is 0.645. The van der Waals surface area contributed by atoms with Crippen molar-refractivity contribution in [1.82, 2.24) is 30.1 Å². The zero-order valence-corrected chi connectivity index (χ0v) is 10.9. The van der Waals surface area contributed by atoms with Gasteiger partial charge < -0.3 is 10.3 Å². The normalized spacial score (nSPS) is 12.0. The number of alkyl halides is 3. The molecule has 0 saturated heterocycles. The summed E-state index contributed by atoms with van der Waals surface area (Å²) >= 11 is 5.73. The second-order valence-corrected chi connectivity index (χ2v) is 4.40. The van der Waals surface area contributed by atoms with Crippen LogP contribution in [0.2, 0.25) is 5.28 Å². The van der Waals surface area contributed by atoms with E-state index in [9.17, 15) is 13.2 Å². The largest absolute Gasteiger partial charge is 0.433 e. The van der Waals surface area contributed by atoms with Crippen LogP contribution in [-0.2, 0) is 12.7 Å². The van der Waals surface area contributed by atoms with Gasteiger partial charge in [-0.1, -0.05) is 0 Å². The first-order chi connectivity index (χ1) is 9.95. The first-order valence-corrected chi connectivity index (χ1v) is 6.03. The molecule has 0 aromatic carbocycles. The predicted molar refractivity (Wildman–Crippen MR) is 67.6 cm³/mol. The summed E-state index contributed by atoms with van der Waals surface area (Å²) in [6.07, 6.45) is -2.01. The zero-order chi connectivity index (χ0) is 15.0. The Kier molecular flexibility index (Phi) is 3.16. The van der Waals surface area contributed by atoms with Gasteiger partial charge >= 0.3 is 6.18 Å². The molecule has 110 valence electrons. The van der Waals surface area contributed by atoms with Crippen LogP contribution in [0, 0.1) is 0 Å². The van der Waals surface area contributed by atoms with Crippen molar-refractivity contribution in [2.24, 2.45) is 0 Å². The highest BCUT2D eigenvalue weighted by Crippen LogP contribution is 2.30. The fourth-order valence-corrected chi connectivity index (χ4v) is 1.97. The number of nitrogens with one attached hydrogen (secondary N) is 3. The van der Waals surface area contributed by atoms with Gasteiger partial charge in [-0.05, 0) is 11.6 Å². The van der Waals surface area contributed by atoms with Gasteiger partial charge in [0.25, 0.3) is 0 Å². The molecule has 0 bridgehead atoms. The maximum Gasteiger partial charge on any atom is 0.433 e. The van der Waals surface area contributed by atoms with E-state index in [1.54, 1.807) is 0 Å². The lowest BCUT2D eigenvalue weighted by Crippen LogP contribution is -2.11. The Morgan fingerprint density at radius 1 is 1.29 bits per heavy atom. The molecular formula is C10H7ClF3N7. The van der Waals surface area contributed by atoms with Gasteiger partial charge in [-0.15, -0.1) is 0 Å². The minimum absolute atomic E-state index is 0.0371. The molecule has 0 saturated carbocycles. The number of rotatable bonds is 3. The molecule has 0 fully saturated rings. The van der Waals surface area contributed by atoms with Crippen LogP contribution >= 0.6 is 11.6 Å². The SMILES string of the molecule is FC(F)(F)c1[nH]ncc1CNc1nc(Cl)nc2nc[nH]c12. The predicted octanol–water partition coefficient (Wildman–Crippen LogP) is 2.36. The molecule has 3 N–H and O–H groups in total. The van der Waals surface area contributed by atoms with E-state index in [0.717, 1.165) is 6.20 Å². The first kappa shape index (κ1) is 13.6. The topological polar surface area (TPSA) is 95.2 Å². The molecule has 0 radical (unpaired) electrons. The Hall–Kier alpha value is -2.36. The Morgan fingerprint density at radius 3 is 2.86 bits per heavy atom. The van der Waals surface area contributed by atoms with Gasteiger partial charge in [0, 0.05) is 12.1 Å². The molecule has 11 heteroatoms. The van der Waals surface area contributed by atoms with E-state index in [-0.39, 0.29) is 23.2 Å². The summed E-state index contributed by atoms with van der Waals surface area (Å²) in [6, 6.07) is 0. The van der Waals surface area contributed by atoms with Crippen molar-refractivity contribution in [3.8, 4) is 0 Å². The summed E-state index contributed by atoms with van der Waals surface area (Å²) in [5.74, 6) is 0.261. The summed E-state index contributed by atoms with van der Waals surface area (Å²) in [5, 5.41) is 8.05. The van der Waals surface area contributed by atoms with Crippen molar-refractivity contribution >= 4 is 28.6 Å². The van der Waals surface area contributed by atoms with Crippen LogP contribution in [0.1, 0.15) is 11.3 Å². The molecule has 0 atom stereocenters. The number of anilines is 1. The summed E-state index contributed by atoms with van der Waals surface area (Å²) in [7, 11) is 0. The highest BCUT2D eigenvalue weighted by molar-refractivity contribution is 6.28. The maximum atomic E-state index is 12.7. The van der Waals surface area contributed by atoms with E-state index in [1.165, 1.54) is 6.33 Å². The molecular weight excluding hydrogens is 311 g/mol. The molecule has 3 heterocycles. The monoisotopic (exact) mass is 317 g/mol. The van der Waals surface area contributed by atoms with E-state index in [2.05, 4.69) is 30.4 Å². The fraction of sp³-hybridized carbons (Fsp3) is 0.200. The summed E-state index contributed by atoms with van der Waals surface area (Å²) in [5.41, 5.74) is -0.168. The summed E-state index contributed by atoms with van der Waals surface area (Å²) < 4.78 is 38.1. The standard InChI is InChI=1S/C10H7ClF3N7/c11-9-19-7(5-8(20-9)17-3-16-5)15-1-4-2-18-21-6(4)10(12,13)14/h2-3H,1H2,(H,18,21)(H2,15,16,17,19,20). The molecule has 7 nitrogen and oxygen atoms in total. The number of nitrogens with zero attached hydrogens (tertiary/aromatic N) is 4. The van der Waals surface area contributed by atoms with Crippen molar-refractivity contribution in [1.29, 1.82) is 0 Å². The number of hydrogen-bond donors (Lipinski definition) is 3. The molecule has 0 unspecified atom stereocenters. The van der Waals surface area contributed by atoms with Crippen molar-refractivity contribution in [2.45, 2.75) is 12.7 Å². The van der Waals surface area contributed by atoms with Gasteiger partial charge in [0.15, 0.2) is 11.5 Å². The minimum Gasteiger partial charge on any atom is -0.364 e. The van der Waals surface area contributed by atoms with E-state index in [0.29, 0.717) is 11.2 Å². The fourth-order valence-electron chi connectivity index (χ4n) is 1.80. The number of imidazole rings is 1. The van der Waals surface area contributed by atoms with Crippen LogP contribution in [0.15, 0.2) is 12.5 Å². The first-order valence-electron chi connectivity index (χ1n) is 5.65. The number of aromatic nitrogens is 6. The molecule has 21 heavy (non-hydrogen) atoms. The van der Waals surface area contributed by atoms with Crippen LogP contribution in [0.5, 0.6) is 0 Å². The van der Waals surface area contributed by atoms with Gasteiger partial charge in [-0.3, -0.25) is 5.10 Å². The average molecular weight is 318 g/mol. The van der Waals surface area contributed by atoms with Gasteiger partial charge in [0.1, 0.15) is 11.2 Å². The van der Waals surface area contributed by atoms with Crippen LogP contribution < -0.4 is 5.32 Å². The van der Waals surface area contributed by atoms with E-state index < -0.39 is 11.9 Å². The summed E-state index contributed by atoms with van der Waals surface area (Å²) in [4.78, 5) is 14.5. The second kappa shape index (κ2) is 4.88. The molecule has 0 aliphatic rings. The summed E-state index contributed by atoms with van der Waals surface area (Å²) in [6.45, 7) is -0.132. The number of hydrogen-bond acceptors (Lipinski definition) is 5. The number of halogens is 4. The van der Waals surface area contributed by atoms with Gasteiger partial charge in [0.2, 0.25) is 5.28 Å². The number of fused-ring (bicyclic) bond motifs is 1. The highest BCUT2D eigenvalue weighted by Gasteiger charge is 2.35. The third-order valence-electron chi connectivity index (χ3n) is 2.71. The van der Waals surface area contributed by atoms with Crippen LogP contribution in [0.3, 0.4) is 0 Å². The molecule has 3 rings (SSSR count).